The van der Waals surface area contributed by atoms with Crippen LogP contribution in [-0.4, -0.2) is 18.1 Å². The van der Waals surface area contributed by atoms with Crippen molar-refractivity contribution in [2.24, 2.45) is 0 Å². The van der Waals surface area contributed by atoms with Gasteiger partial charge in [-0.3, -0.25) is 0 Å². The Labute approximate surface area is 124 Å². The molecule has 0 saturated carbocycles. The van der Waals surface area contributed by atoms with E-state index in [4.69, 9.17) is 15.7 Å². The van der Waals surface area contributed by atoms with Crippen LogP contribution in [0.25, 0.3) is 0 Å². The van der Waals surface area contributed by atoms with E-state index in [1.165, 1.54) is 0 Å². The first-order valence-corrected chi connectivity index (χ1v) is 6.68. The quantitative estimate of drug-likeness (QED) is 0.932. The molecule has 0 aliphatic rings. The molecule has 0 bridgehead atoms. The van der Waals surface area contributed by atoms with Crippen molar-refractivity contribution in [1.29, 1.82) is 5.26 Å². The van der Waals surface area contributed by atoms with Crippen molar-refractivity contribution in [2.75, 3.05) is 17.7 Å². The molecule has 0 fully saturated rings. The molecule has 1 heterocycles. The Morgan fingerprint density at radius 3 is 2.43 bits per heavy atom. The summed E-state index contributed by atoms with van der Waals surface area (Å²) in [5.41, 5.74) is 7.95. The normalized spacial score (nSPS) is 10.2. The largest absolute Gasteiger partial charge is 0.473 e. The SMILES string of the molecule is CC(C)Oc1nc(N(C)c2ccc(C#N)cc2)ccc1N. The van der Waals surface area contributed by atoms with Crippen LogP contribution in [-0.2, 0) is 0 Å². The van der Waals surface area contributed by atoms with Crippen molar-refractivity contribution in [3.05, 3.63) is 42.0 Å². The molecule has 2 N–H and O–H groups in total. The number of nitrogens with zero attached hydrogens (tertiary/aromatic N) is 3. The van der Waals surface area contributed by atoms with Gasteiger partial charge in [0.2, 0.25) is 5.88 Å². The average molecular weight is 282 g/mol. The highest BCUT2D eigenvalue weighted by Crippen LogP contribution is 2.27. The fourth-order valence-corrected chi connectivity index (χ4v) is 1.84. The zero-order valence-corrected chi connectivity index (χ0v) is 12.4. The fourth-order valence-electron chi connectivity index (χ4n) is 1.84. The number of hydrogen-bond donors (Lipinski definition) is 1. The third kappa shape index (κ3) is 3.42. The maximum atomic E-state index is 8.83. The van der Waals surface area contributed by atoms with Crippen LogP contribution >= 0.6 is 0 Å². The van der Waals surface area contributed by atoms with Gasteiger partial charge in [0.1, 0.15) is 5.82 Å². The molecule has 5 heteroatoms. The molecule has 2 aromatic rings. The predicted molar refractivity (Wildman–Crippen MR) is 83.6 cm³/mol. The summed E-state index contributed by atoms with van der Waals surface area (Å²) in [6.07, 6.45) is 0.00951. The van der Waals surface area contributed by atoms with E-state index in [1.807, 2.05) is 44.0 Å². The van der Waals surface area contributed by atoms with Gasteiger partial charge in [-0.15, -0.1) is 0 Å². The number of hydrogen-bond acceptors (Lipinski definition) is 5. The van der Waals surface area contributed by atoms with Crippen LogP contribution in [0.3, 0.4) is 0 Å². The molecule has 0 spiro atoms. The summed E-state index contributed by atoms with van der Waals surface area (Å²) in [6.45, 7) is 3.86. The van der Waals surface area contributed by atoms with Crippen LogP contribution in [0.5, 0.6) is 5.88 Å². The van der Waals surface area contributed by atoms with Gasteiger partial charge >= 0.3 is 0 Å². The molecule has 0 radical (unpaired) electrons. The minimum Gasteiger partial charge on any atom is -0.473 e. The van der Waals surface area contributed by atoms with Crippen LogP contribution in [0.15, 0.2) is 36.4 Å². The Bertz CT molecular complexity index is 659. The first-order valence-electron chi connectivity index (χ1n) is 6.68. The lowest BCUT2D eigenvalue weighted by Crippen LogP contribution is -2.14. The van der Waals surface area contributed by atoms with E-state index in [0.717, 1.165) is 11.5 Å². The number of pyridine rings is 1. The number of ether oxygens (including phenoxy) is 1. The van der Waals surface area contributed by atoms with E-state index in [2.05, 4.69) is 11.1 Å². The van der Waals surface area contributed by atoms with Gasteiger partial charge in [-0.1, -0.05) is 0 Å². The summed E-state index contributed by atoms with van der Waals surface area (Å²) in [5.74, 6) is 1.16. The minimum absolute atomic E-state index is 0.00951. The summed E-state index contributed by atoms with van der Waals surface area (Å²) >= 11 is 0. The van der Waals surface area contributed by atoms with Gasteiger partial charge in [-0.25, -0.2) is 0 Å². The van der Waals surface area contributed by atoms with Gasteiger partial charge < -0.3 is 15.4 Å². The second-order valence-corrected chi connectivity index (χ2v) is 4.95. The monoisotopic (exact) mass is 282 g/mol. The standard InChI is InChI=1S/C16H18N4O/c1-11(2)21-16-14(18)8-9-15(19-16)20(3)13-6-4-12(10-17)5-7-13/h4-9,11H,18H2,1-3H3. The van der Waals surface area contributed by atoms with Gasteiger partial charge in [0.05, 0.1) is 23.4 Å². The van der Waals surface area contributed by atoms with Gasteiger partial charge in [0, 0.05) is 12.7 Å². The van der Waals surface area contributed by atoms with Gasteiger partial charge in [-0.2, -0.15) is 10.2 Å². The average Bonchev–Trinajstić information content (AvgIpc) is 2.48. The zero-order valence-electron chi connectivity index (χ0n) is 12.4. The molecular formula is C16H18N4O. The van der Waals surface area contributed by atoms with Crippen LogP contribution in [0.1, 0.15) is 19.4 Å². The molecule has 1 aromatic heterocycles. The smallest absolute Gasteiger partial charge is 0.239 e. The Morgan fingerprint density at radius 1 is 1.19 bits per heavy atom. The number of aromatic nitrogens is 1. The third-order valence-electron chi connectivity index (χ3n) is 2.95. The van der Waals surface area contributed by atoms with Crippen LogP contribution in [0.2, 0.25) is 0 Å². The molecule has 21 heavy (non-hydrogen) atoms. The molecule has 0 unspecified atom stereocenters. The van der Waals surface area contributed by atoms with Crippen LogP contribution in [0.4, 0.5) is 17.2 Å². The first-order chi connectivity index (χ1) is 10.0. The van der Waals surface area contributed by atoms with Crippen molar-refractivity contribution in [3.8, 4) is 11.9 Å². The third-order valence-corrected chi connectivity index (χ3v) is 2.95. The second-order valence-electron chi connectivity index (χ2n) is 4.95. The van der Waals surface area contributed by atoms with Crippen LogP contribution in [0, 0.1) is 11.3 Å². The summed E-state index contributed by atoms with van der Waals surface area (Å²) in [5, 5.41) is 8.83. The summed E-state index contributed by atoms with van der Waals surface area (Å²) < 4.78 is 5.60. The minimum atomic E-state index is 0.00951. The lowest BCUT2D eigenvalue weighted by atomic mass is 10.2. The Balaban J connectivity index is 2.29. The molecular weight excluding hydrogens is 264 g/mol. The lowest BCUT2D eigenvalue weighted by Gasteiger charge is -2.20. The lowest BCUT2D eigenvalue weighted by molar-refractivity contribution is 0.234. The van der Waals surface area contributed by atoms with Gasteiger partial charge in [0.25, 0.3) is 0 Å². The van der Waals surface area contributed by atoms with Gasteiger partial charge in [0.15, 0.2) is 0 Å². The number of benzene rings is 1. The van der Waals surface area contributed by atoms with E-state index in [-0.39, 0.29) is 6.10 Å². The van der Waals surface area contributed by atoms with Crippen molar-refractivity contribution in [2.45, 2.75) is 20.0 Å². The topological polar surface area (TPSA) is 75.2 Å². The molecule has 0 aliphatic heterocycles. The van der Waals surface area contributed by atoms with Crippen LogP contribution < -0.4 is 15.4 Å². The molecule has 2 rings (SSSR count). The van der Waals surface area contributed by atoms with Crippen molar-refractivity contribution < 1.29 is 4.74 Å². The van der Waals surface area contributed by atoms with E-state index < -0.39 is 0 Å². The molecule has 0 amide bonds. The zero-order chi connectivity index (χ0) is 15.4. The summed E-state index contributed by atoms with van der Waals surface area (Å²) in [4.78, 5) is 6.36. The van der Waals surface area contributed by atoms with Crippen molar-refractivity contribution in [3.63, 3.8) is 0 Å². The van der Waals surface area contributed by atoms with E-state index in [9.17, 15) is 0 Å². The first kappa shape index (κ1) is 14.7. The Kier molecular flexibility index (Phi) is 4.29. The highest BCUT2D eigenvalue weighted by molar-refractivity contribution is 5.63. The highest BCUT2D eigenvalue weighted by Gasteiger charge is 2.10. The Hall–Kier alpha value is -2.74. The number of anilines is 3. The fraction of sp³-hybridized carbons (Fsp3) is 0.250. The van der Waals surface area contributed by atoms with E-state index >= 15 is 0 Å². The highest BCUT2D eigenvalue weighted by atomic mass is 16.5. The number of nitriles is 1. The number of nitrogens with two attached hydrogens (primary N) is 1. The predicted octanol–water partition coefficient (Wildman–Crippen LogP) is 3.09. The Morgan fingerprint density at radius 2 is 1.86 bits per heavy atom. The molecule has 5 nitrogen and oxygen atoms in total. The van der Waals surface area contributed by atoms with Crippen molar-refractivity contribution in [1.82, 2.24) is 4.98 Å². The van der Waals surface area contributed by atoms with Crippen molar-refractivity contribution >= 4 is 17.2 Å². The second kappa shape index (κ2) is 6.14. The maximum Gasteiger partial charge on any atom is 0.239 e. The summed E-state index contributed by atoms with van der Waals surface area (Å²) in [7, 11) is 1.90. The molecule has 0 aliphatic carbocycles. The molecule has 1 aromatic carbocycles. The summed E-state index contributed by atoms with van der Waals surface area (Å²) in [6, 6.07) is 13.0. The maximum absolute atomic E-state index is 8.83. The molecule has 0 saturated heterocycles. The number of rotatable bonds is 4. The van der Waals surface area contributed by atoms with E-state index in [0.29, 0.717) is 17.1 Å². The molecule has 108 valence electrons. The number of nitrogen functional groups attached to an aromatic ring is 1. The van der Waals surface area contributed by atoms with E-state index in [1.54, 1.807) is 18.2 Å². The molecule has 0 atom stereocenters. The van der Waals surface area contributed by atoms with Gasteiger partial charge in [-0.05, 0) is 50.2 Å².